The Morgan fingerprint density at radius 1 is 1.00 bits per heavy atom. The van der Waals surface area contributed by atoms with Crippen molar-refractivity contribution in [1.29, 1.82) is 0 Å². The third-order valence-corrected chi connectivity index (χ3v) is 5.83. The normalized spacial score (nSPS) is 18.0. The molecule has 1 aromatic carbocycles. The van der Waals surface area contributed by atoms with Crippen LogP contribution < -0.4 is 0 Å². The Morgan fingerprint density at radius 2 is 1.68 bits per heavy atom. The Balaban J connectivity index is 2.18. The van der Waals surface area contributed by atoms with Crippen molar-refractivity contribution in [2.75, 3.05) is 0 Å². The topological polar surface area (TPSA) is 7.94 Å². The summed E-state index contributed by atoms with van der Waals surface area (Å²) in [7, 11) is 0. The van der Waals surface area contributed by atoms with Crippen LogP contribution in [0.1, 0.15) is 11.3 Å². The molecule has 3 heterocycles. The number of allylic oxidation sites excluding steroid dienone is 2. The molecule has 0 amide bonds. The molecule has 0 radical (unpaired) electrons. The minimum Gasteiger partial charge on any atom is -0.389 e. The van der Waals surface area contributed by atoms with Gasteiger partial charge in [-0.2, -0.15) is 0 Å². The fraction of sp³-hybridized carbons (Fsp3) is 0. The zero-order chi connectivity index (χ0) is 18.1. The molecule has 0 atom stereocenters. The molecule has 2 aliphatic rings. The second-order valence-corrected chi connectivity index (χ2v) is 7.51. The maximum Gasteiger partial charge on any atom is 0.738 e. The minimum atomic E-state index is -4.24. The summed E-state index contributed by atoms with van der Waals surface area (Å²) < 4.78 is 60.3. The molecule has 0 aliphatic carbocycles. The predicted octanol–water partition coefficient (Wildman–Crippen LogP) is 5.55. The summed E-state index contributed by atoms with van der Waals surface area (Å²) in [6, 6.07) is 4.66. The maximum absolute atomic E-state index is 15.1. The summed E-state index contributed by atoms with van der Waals surface area (Å²) in [6.45, 7) is -4.24. The summed E-state index contributed by atoms with van der Waals surface area (Å²) in [5.74, 6) is -1.63. The van der Waals surface area contributed by atoms with Gasteiger partial charge in [-0.25, -0.2) is 8.78 Å². The second-order valence-electron chi connectivity index (χ2n) is 5.50. The van der Waals surface area contributed by atoms with Crippen molar-refractivity contribution in [3.8, 4) is 0 Å². The predicted molar refractivity (Wildman–Crippen MR) is 96.2 cm³/mol. The van der Waals surface area contributed by atoms with Gasteiger partial charge in [0.05, 0.1) is 15.2 Å². The Kier molecular flexibility index (Phi) is 3.83. The van der Waals surface area contributed by atoms with E-state index in [0.717, 1.165) is 21.1 Å². The summed E-state index contributed by atoms with van der Waals surface area (Å²) in [5, 5.41) is -0.458. The zero-order valence-corrected chi connectivity index (χ0v) is 16.0. The van der Waals surface area contributed by atoms with Gasteiger partial charge in [0.15, 0.2) is 5.70 Å². The highest BCUT2D eigenvalue weighted by atomic mass is 79.9. The Labute approximate surface area is 161 Å². The first-order valence-corrected chi connectivity index (χ1v) is 8.99. The molecule has 25 heavy (non-hydrogen) atoms. The van der Waals surface area contributed by atoms with E-state index in [-0.39, 0.29) is 31.8 Å². The number of hydrogen-bond donors (Lipinski definition) is 0. The van der Waals surface area contributed by atoms with Crippen molar-refractivity contribution in [1.82, 2.24) is 4.48 Å². The lowest BCUT2D eigenvalue weighted by atomic mass is 9.86. The fourth-order valence-electron chi connectivity index (χ4n) is 3.14. The number of rotatable bonds is 1. The van der Waals surface area contributed by atoms with Crippen LogP contribution in [0.3, 0.4) is 0 Å². The van der Waals surface area contributed by atoms with E-state index in [1.54, 1.807) is 0 Å². The van der Waals surface area contributed by atoms with Gasteiger partial charge in [-0.05, 0) is 40.2 Å². The second kappa shape index (κ2) is 5.59. The average molecular weight is 496 g/mol. The van der Waals surface area contributed by atoms with Crippen LogP contribution >= 0.6 is 43.5 Å². The van der Waals surface area contributed by atoms with E-state index in [1.807, 2.05) is 0 Å². The molecule has 2 aromatic rings. The van der Waals surface area contributed by atoms with Crippen molar-refractivity contribution in [2.45, 2.75) is 0 Å². The van der Waals surface area contributed by atoms with Crippen molar-refractivity contribution in [3.05, 3.63) is 74.6 Å². The van der Waals surface area contributed by atoms with Gasteiger partial charge in [-0.1, -0.05) is 11.6 Å². The van der Waals surface area contributed by atoms with Gasteiger partial charge in [0.2, 0.25) is 4.62 Å². The van der Waals surface area contributed by atoms with Gasteiger partial charge in [-0.15, -0.1) is 0 Å². The number of aromatic nitrogens is 1. The van der Waals surface area contributed by atoms with E-state index in [0.29, 0.717) is 0 Å². The van der Waals surface area contributed by atoms with E-state index in [2.05, 4.69) is 31.9 Å². The van der Waals surface area contributed by atoms with E-state index in [1.165, 1.54) is 24.3 Å². The third-order valence-electron chi connectivity index (χ3n) is 4.16. The highest BCUT2D eigenvalue weighted by Crippen LogP contribution is 2.44. The molecular formula is C15H6BBr2ClF4N2. The molecule has 0 unspecified atom stereocenters. The van der Waals surface area contributed by atoms with Crippen molar-refractivity contribution < 1.29 is 21.9 Å². The van der Waals surface area contributed by atoms with Crippen LogP contribution in [-0.2, 0) is 0 Å². The zero-order valence-electron chi connectivity index (χ0n) is 12.1. The first-order valence-electron chi connectivity index (χ1n) is 7.02. The molecule has 10 heteroatoms. The Bertz CT molecular complexity index is 1040. The van der Waals surface area contributed by atoms with Crippen molar-refractivity contribution in [2.24, 2.45) is 0 Å². The van der Waals surface area contributed by atoms with Crippen LogP contribution in [-0.4, -0.2) is 20.6 Å². The molecule has 0 fully saturated rings. The summed E-state index contributed by atoms with van der Waals surface area (Å²) in [6.07, 6.45) is 2.84. The van der Waals surface area contributed by atoms with Crippen LogP contribution in [0.4, 0.5) is 17.4 Å². The number of nitrogens with zero attached hydrogens (tertiary/aromatic N) is 2. The van der Waals surface area contributed by atoms with Crippen molar-refractivity contribution >= 4 is 60.6 Å². The molecule has 1 aromatic heterocycles. The Morgan fingerprint density at radius 3 is 2.40 bits per heavy atom. The average Bonchev–Trinajstić information content (AvgIpc) is 3.11. The molecule has 2 nitrogen and oxygen atoms in total. The number of halogens is 7. The number of benzene rings is 1. The monoisotopic (exact) mass is 494 g/mol. The number of fused-ring (bicyclic) bond motifs is 2. The lowest BCUT2D eigenvalue weighted by Gasteiger charge is -2.32. The highest BCUT2D eigenvalue weighted by Gasteiger charge is 2.54. The van der Waals surface area contributed by atoms with Gasteiger partial charge in [0.1, 0.15) is 11.6 Å². The molecular weight excluding hydrogens is 490 g/mol. The third kappa shape index (κ3) is 2.25. The van der Waals surface area contributed by atoms with Crippen LogP contribution in [0.15, 0.2) is 46.7 Å². The van der Waals surface area contributed by atoms with Crippen LogP contribution in [0.2, 0.25) is 5.02 Å². The maximum atomic E-state index is 15.1. The van der Waals surface area contributed by atoms with E-state index in [4.69, 9.17) is 11.6 Å². The largest absolute Gasteiger partial charge is 0.738 e. The van der Waals surface area contributed by atoms with Crippen LogP contribution in [0.5, 0.6) is 0 Å². The number of hydrogen-bond acceptors (Lipinski definition) is 0. The van der Waals surface area contributed by atoms with Crippen LogP contribution in [0.25, 0.3) is 5.57 Å². The van der Waals surface area contributed by atoms with Crippen LogP contribution in [0, 0.1) is 11.6 Å². The molecule has 2 aliphatic heterocycles. The molecule has 4 rings (SSSR count). The summed E-state index contributed by atoms with van der Waals surface area (Å²) >= 11 is 12.2. The van der Waals surface area contributed by atoms with Gasteiger partial charge in [-0.3, -0.25) is 0 Å². The highest BCUT2D eigenvalue weighted by molar-refractivity contribution is 9.18. The smallest absolute Gasteiger partial charge is 0.389 e. The van der Waals surface area contributed by atoms with E-state index in [9.17, 15) is 8.78 Å². The summed E-state index contributed by atoms with van der Waals surface area (Å²) in [4.78, 5) is 0. The van der Waals surface area contributed by atoms with Gasteiger partial charge >= 0.3 is 6.97 Å². The molecule has 128 valence electrons. The quantitative estimate of drug-likeness (QED) is 0.278. The Hall–Kier alpha value is -1.32. The first-order chi connectivity index (χ1) is 11.7. The standard InChI is InChI=1S/C15H6BBr2ClF4N2/c17-11-5-3-9-14(13-7(20)1-2-8(21)15(13)19)10-4-6-12(18)25(10)16(22,23)24(9)11/h1-6H. The van der Waals surface area contributed by atoms with Gasteiger partial charge in [0.25, 0.3) is 0 Å². The molecule has 0 bridgehead atoms. The van der Waals surface area contributed by atoms with Gasteiger partial charge < -0.3 is 17.6 Å². The molecule has 0 N–H and O–H groups in total. The molecule has 0 spiro atoms. The van der Waals surface area contributed by atoms with E-state index < -0.39 is 23.6 Å². The molecule has 0 saturated heterocycles. The fourth-order valence-corrected chi connectivity index (χ4v) is 4.53. The van der Waals surface area contributed by atoms with Crippen molar-refractivity contribution in [3.63, 3.8) is 0 Å². The first kappa shape index (κ1) is 17.1. The van der Waals surface area contributed by atoms with E-state index >= 15 is 8.63 Å². The lowest BCUT2D eigenvalue weighted by Crippen LogP contribution is -2.50. The molecule has 0 saturated carbocycles. The van der Waals surface area contributed by atoms with Gasteiger partial charge in [0, 0.05) is 39.3 Å². The minimum absolute atomic E-state index is 0.0429. The summed E-state index contributed by atoms with van der Waals surface area (Å²) in [5.41, 5.74) is -0.0828. The lowest BCUT2D eigenvalue weighted by molar-refractivity contribution is -0.358. The SMILES string of the molecule is Fc1ccc(F)c(C2=C3C=CC(Br)=[N+]3[B-](F)(F)n3c(Br)ccc32)c1Cl.